The van der Waals surface area contributed by atoms with Gasteiger partial charge in [0.15, 0.2) is 0 Å². The second kappa shape index (κ2) is 12.8. The molecule has 3 aromatic carbocycles. The van der Waals surface area contributed by atoms with Crippen molar-refractivity contribution in [2.45, 2.75) is 23.9 Å². The number of alkyl halides is 3. The lowest BCUT2D eigenvalue weighted by Crippen LogP contribution is -2.37. The highest BCUT2D eigenvalue weighted by molar-refractivity contribution is 7.92. The van der Waals surface area contributed by atoms with E-state index in [4.69, 9.17) is 4.74 Å². The molecule has 0 amide bonds. The smallest absolute Gasteiger partial charge is 0.491 e. The van der Waals surface area contributed by atoms with Crippen molar-refractivity contribution in [1.82, 2.24) is 4.90 Å². The van der Waals surface area contributed by atoms with Crippen molar-refractivity contribution in [3.8, 4) is 22.6 Å². The van der Waals surface area contributed by atoms with Gasteiger partial charge in [0.25, 0.3) is 10.0 Å². The van der Waals surface area contributed by atoms with E-state index < -0.39 is 39.6 Å². The van der Waals surface area contributed by atoms with Crippen molar-refractivity contribution in [2.75, 3.05) is 37.6 Å². The summed E-state index contributed by atoms with van der Waals surface area (Å²) in [5.41, 5.74) is -0.110. The molecule has 14 heteroatoms. The number of halogens is 3. The highest BCUT2D eigenvalue weighted by atomic mass is 32.2. The number of benzene rings is 3. The fraction of sp³-hybridized carbons (Fsp3) is 0.286. The van der Waals surface area contributed by atoms with Crippen LogP contribution in [0.3, 0.4) is 0 Å². The van der Waals surface area contributed by atoms with Gasteiger partial charge in [0.2, 0.25) is 0 Å². The van der Waals surface area contributed by atoms with Crippen LogP contribution in [0.15, 0.2) is 65.6 Å². The van der Waals surface area contributed by atoms with Gasteiger partial charge in [-0.15, -0.1) is 0 Å². The summed E-state index contributed by atoms with van der Waals surface area (Å²) < 4.78 is 77.4. The molecule has 0 unspecified atom stereocenters. The zero-order valence-electron chi connectivity index (χ0n) is 22.1. The lowest BCUT2D eigenvalue weighted by molar-refractivity contribution is -0.189. The largest absolute Gasteiger partial charge is 0.507 e. The van der Waals surface area contributed by atoms with E-state index in [1.165, 1.54) is 48.5 Å². The van der Waals surface area contributed by atoms with Crippen LogP contribution in [0.4, 0.5) is 18.9 Å². The van der Waals surface area contributed by atoms with Gasteiger partial charge in [-0.05, 0) is 55.3 Å². The Bertz CT molecular complexity index is 1570. The van der Waals surface area contributed by atoms with Crippen molar-refractivity contribution in [3.05, 3.63) is 71.8 Å². The number of phenols is 1. The molecule has 0 saturated carbocycles. The first-order chi connectivity index (χ1) is 19.9. The first-order valence-electron chi connectivity index (χ1n) is 12.8. The van der Waals surface area contributed by atoms with Gasteiger partial charge >= 0.3 is 18.1 Å². The normalized spacial score (nSPS) is 14.4. The Kier molecular flexibility index (Phi) is 9.39. The Morgan fingerprint density at radius 3 is 2.43 bits per heavy atom. The minimum absolute atomic E-state index is 0.0237. The van der Waals surface area contributed by atoms with E-state index in [-0.39, 0.29) is 39.3 Å². The summed E-state index contributed by atoms with van der Waals surface area (Å²) in [5.74, 6) is -4.78. The van der Waals surface area contributed by atoms with Crippen molar-refractivity contribution in [2.24, 2.45) is 0 Å². The van der Waals surface area contributed by atoms with Gasteiger partial charge in [0, 0.05) is 24.2 Å². The minimum Gasteiger partial charge on any atom is -0.507 e. The number of rotatable bonds is 10. The van der Waals surface area contributed by atoms with E-state index in [1.807, 2.05) is 0 Å². The molecule has 0 spiro atoms. The average Bonchev–Trinajstić information content (AvgIpc) is 2.94. The summed E-state index contributed by atoms with van der Waals surface area (Å²) in [6.07, 6.45) is -4.57. The molecule has 224 valence electrons. The maximum Gasteiger partial charge on any atom is 0.491 e. The van der Waals surface area contributed by atoms with Crippen LogP contribution in [0.1, 0.15) is 22.3 Å². The Hall–Kier alpha value is -4.14. The van der Waals surface area contributed by atoms with E-state index >= 15 is 0 Å². The highest BCUT2D eigenvalue weighted by Crippen LogP contribution is 2.35. The van der Waals surface area contributed by atoms with E-state index in [9.17, 15) is 41.4 Å². The maximum atomic E-state index is 13.4. The number of carboxylic acids is 1. The van der Waals surface area contributed by atoms with Crippen molar-refractivity contribution in [3.63, 3.8) is 0 Å². The standard InChI is InChI=1S/C28H27F3N2O8S/c29-28(30,31)27(37)41-24-9-2-1-7-20(24)18-5-3-6-19(17-18)42(38,39)32-23-11-10-22(26(35)36)25(34)21(23)8-4-12-33-13-15-40-16-14-33/h1-3,5-7,9-11,17,32,34H,4,8,12-16H2,(H,35,36). The molecule has 0 aliphatic carbocycles. The zero-order chi connectivity index (χ0) is 30.5. The molecule has 1 saturated heterocycles. The Morgan fingerprint density at radius 2 is 1.74 bits per heavy atom. The Labute approximate surface area is 239 Å². The molecule has 0 atom stereocenters. The number of carboxylic acid groups (broad SMARTS) is 1. The molecule has 3 N–H and O–H groups in total. The van der Waals surface area contributed by atoms with Crippen molar-refractivity contribution >= 4 is 27.6 Å². The average molecular weight is 609 g/mol. The number of carbonyl (C=O) groups excluding carboxylic acids is 1. The van der Waals surface area contributed by atoms with Crippen molar-refractivity contribution < 1.29 is 50.9 Å². The van der Waals surface area contributed by atoms with Crippen LogP contribution in [0.25, 0.3) is 11.1 Å². The molecule has 4 rings (SSSR count). The fourth-order valence-corrected chi connectivity index (χ4v) is 5.59. The predicted molar refractivity (Wildman–Crippen MR) is 145 cm³/mol. The van der Waals surface area contributed by atoms with Gasteiger partial charge < -0.3 is 19.7 Å². The molecule has 0 bridgehead atoms. The van der Waals surface area contributed by atoms with Crippen LogP contribution in [0.2, 0.25) is 0 Å². The summed E-state index contributed by atoms with van der Waals surface area (Å²) >= 11 is 0. The van der Waals surface area contributed by atoms with E-state index in [0.29, 0.717) is 26.2 Å². The number of sulfonamides is 1. The van der Waals surface area contributed by atoms with Gasteiger partial charge in [0.05, 0.1) is 23.8 Å². The number of hydrogen-bond donors (Lipinski definition) is 3. The highest BCUT2D eigenvalue weighted by Gasteiger charge is 2.41. The molecule has 1 fully saturated rings. The monoisotopic (exact) mass is 608 g/mol. The lowest BCUT2D eigenvalue weighted by Gasteiger charge is -2.26. The quantitative estimate of drug-likeness (QED) is 0.227. The first kappa shape index (κ1) is 30.8. The van der Waals surface area contributed by atoms with Crippen molar-refractivity contribution in [1.29, 1.82) is 0 Å². The number of morpholine rings is 1. The van der Waals surface area contributed by atoms with Crippen LogP contribution < -0.4 is 9.46 Å². The zero-order valence-corrected chi connectivity index (χ0v) is 22.9. The topological polar surface area (TPSA) is 142 Å². The third-order valence-electron chi connectivity index (χ3n) is 6.54. The van der Waals surface area contributed by atoms with Crippen LogP contribution in [-0.4, -0.2) is 74.5 Å². The number of nitrogens with zero attached hydrogens (tertiary/aromatic N) is 1. The Morgan fingerprint density at radius 1 is 1.02 bits per heavy atom. The molecular weight excluding hydrogens is 581 g/mol. The number of aromatic hydroxyl groups is 1. The molecule has 1 aliphatic rings. The second-order valence-corrected chi connectivity index (χ2v) is 11.0. The van der Waals surface area contributed by atoms with Crippen LogP contribution >= 0.6 is 0 Å². The SMILES string of the molecule is O=C(O)c1ccc(NS(=O)(=O)c2cccc(-c3ccccc3OC(=O)C(F)(F)F)c2)c(CCCN2CCOCC2)c1O. The third-order valence-corrected chi connectivity index (χ3v) is 7.90. The number of carbonyl (C=O) groups is 2. The molecular formula is C28H27F3N2O8S. The van der Waals surface area contributed by atoms with E-state index in [0.717, 1.165) is 25.2 Å². The molecule has 42 heavy (non-hydrogen) atoms. The molecule has 0 aromatic heterocycles. The van der Waals surface area contributed by atoms with Gasteiger partial charge in [0.1, 0.15) is 17.1 Å². The van der Waals surface area contributed by atoms with Crippen LogP contribution in [0.5, 0.6) is 11.5 Å². The fourth-order valence-electron chi connectivity index (χ4n) is 4.45. The third kappa shape index (κ3) is 7.38. The van der Waals surface area contributed by atoms with Gasteiger partial charge in [-0.3, -0.25) is 9.62 Å². The summed E-state index contributed by atoms with van der Waals surface area (Å²) in [5, 5.41) is 20.2. The molecule has 1 heterocycles. The summed E-state index contributed by atoms with van der Waals surface area (Å²) in [4.78, 5) is 24.9. The van der Waals surface area contributed by atoms with E-state index in [2.05, 4.69) is 14.4 Å². The summed E-state index contributed by atoms with van der Waals surface area (Å²) in [6, 6.07) is 12.9. The number of aromatic carboxylic acids is 1. The number of para-hydroxylation sites is 1. The molecule has 1 aliphatic heterocycles. The second-order valence-electron chi connectivity index (χ2n) is 9.37. The molecule has 0 radical (unpaired) electrons. The number of ether oxygens (including phenoxy) is 2. The Balaban J connectivity index is 1.62. The van der Waals surface area contributed by atoms with Gasteiger partial charge in [-0.25, -0.2) is 18.0 Å². The number of nitrogens with one attached hydrogen (secondary N) is 1. The molecule has 10 nitrogen and oxygen atoms in total. The first-order valence-corrected chi connectivity index (χ1v) is 14.2. The number of esters is 1. The summed E-state index contributed by atoms with van der Waals surface area (Å²) in [6.45, 7) is 3.22. The maximum absolute atomic E-state index is 13.4. The van der Waals surface area contributed by atoms with Gasteiger partial charge in [-0.2, -0.15) is 13.2 Å². The van der Waals surface area contributed by atoms with Crippen LogP contribution in [-0.2, 0) is 26.0 Å². The van der Waals surface area contributed by atoms with Gasteiger partial charge in [-0.1, -0.05) is 30.3 Å². The number of hydrogen-bond acceptors (Lipinski definition) is 8. The summed E-state index contributed by atoms with van der Waals surface area (Å²) in [7, 11) is -4.34. The lowest BCUT2D eigenvalue weighted by atomic mass is 10.0. The number of anilines is 1. The molecule has 3 aromatic rings. The minimum atomic E-state index is -5.23. The predicted octanol–water partition coefficient (Wildman–Crippen LogP) is 4.29. The van der Waals surface area contributed by atoms with E-state index in [1.54, 1.807) is 0 Å². The van der Waals surface area contributed by atoms with Crippen LogP contribution in [0, 0.1) is 0 Å².